The molecule has 2 amide bonds. The Morgan fingerprint density at radius 1 is 0.838 bits per heavy atom. The van der Waals surface area contributed by atoms with Gasteiger partial charge in [0.2, 0.25) is 0 Å². The highest BCUT2D eigenvalue weighted by molar-refractivity contribution is 5.79. The number of carbonyl (C=O) groups excluding carboxylic acids is 2. The van der Waals surface area contributed by atoms with Gasteiger partial charge in [-0.25, -0.2) is 9.59 Å². The van der Waals surface area contributed by atoms with Gasteiger partial charge in [-0.15, -0.1) is 0 Å². The fraction of sp³-hybridized carbons (Fsp3) is 0.533. The minimum absolute atomic E-state index is 0.0916. The van der Waals surface area contributed by atoms with Gasteiger partial charge >= 0.3 is 12.2 Å². The molecule has 3 fully saturated rings. The highest BCUT2D eigenvalue weighted by atomic mass is 16.6. The normalized spacial score (nSPS) is 21.2. The standard InChI is InChI=1S/C30H37N3O4/c1-29(2,3)37-28(35)33-19-30(20-33)17-32(18-30)21-12-14-31(15-13-21)27(34)36-16-26-24-10-6-4-8-22(24)23-9-5-7-11-25(23)26/h4-11,21,26H,12-20H2,1-3H3. The molecule has 3 heterocycles. The molecule has 3 aliphatic heterocycles. The molecule has 196 valence electrons. The first-order chi connectivity index (χ1) is 17.7. The molecule has 37 heavy (non-hydrogen) atoms. The second kappa shape index (κ2) is 9.05. The molecule has 6 rings (SSSR count). The van der Waals surface area contributed by atoms with Gasteiger partial charge in [0.05, 0.1) is 0 Å². The smallest absolute Gasteiger partial charge is 0.410 e. The highest BCUT2D eigenvalue weighted by Crippen LogP contribution is 2.45. The van der Waals surface area contributed by atoms with Crippen molar-refractivity contribution in [3.05, 3.63) is 59.7 Å². The van der Waals surface area contributed by atoms with Crippen molar-refractivity contribution in [2.24, 2.45) is 5.41 Å². The number of carbonyl (C=O) groups is 2. The number of hydrogen-bond acceptors (Lipinski definition) is 5. The number of hydrogen-bond donors (Lipinski definition) is 0. The van der Waals surface area contributed by atoms with E-state index in [9.17, 15) is 9.59 Å². The lowest BCUT2D eigenvalue weighted by Gasteiger charge is -2.62. The molecule has 0 radical (unpaired) electrons. The molecule has 1 aliphatic carbocycles. The number of rotatable bonds is 3. The molecule has 7 heteroatoms. The van der Waals surface area contributed by atoms with Gasteiger partial charge in [0.25, 0.3) is 0 Å². The van der Waals surface area contributed by atoms with Gasteiger partial charge in [-0.3, -0.25) is 4.90 Å². The minimum Gasteiger partial charge on any atom is -0.448 e. The molecule has 2 aromatic carbocycles. The number of benzene rings is 2. The van der Waals surface area contributed by atoms with Crippen molar-refractivity contribution >= 4 is 12.2 Å². The molecule has 0 saturated carbocycles. The molecule has 0 N–H and O–H groups in total. The van der Waals surface area contributed by atoms with E-state index in [-0.39, 0.29) is 23.5 Å². The molecule has 0 atom stereocenters. The monoisotopic (exact) mass is 503 g/mol. The lowest BCUT2D eigenvalue weighted by molar-refractivity contribution is -0.131. The summed E-state index contributed by atoms with van der Waals surface area (Å²) in [5.74, 6) is 0.0916. The van der Waals surface area contributed by atoms with Crippen molar-refractivity contribution in [2.45, 2.75) is 51.2 Å². The van der Waals surface area contributed by atoms with Crippen LogP contribution in [-0.2, 0) is 9.47 Å². The van der Waals surface area contributed by atoms with Crippen LogP contribution >= 0.6 is 0 Å². The summed E-state index contributed by atoms with van der Waals surface area (Å²) in [6.07, 6.45) is 1.53. The number of piperidine rings is 1. The van der Waals surface area contributed by atoms with Gasteiger partial charge in [-0.1, -0.05) is 48.5 Å². The van der Waals surface area contributed by atoms with E-state index >= 15 is 0 Å². The van der Waals surface area contributed by atoms with E-state index in [0.29, 0.717) is 12.6 Å². The van der Waals surface area contributed by atoms with Gasteiger partial charge in [-0.2, -0.15) is 0 Å². The van der Waals surface area contributed by atoms with E-state index in [1.807, 2.05) is 30.6 Å². The van der Waals surface area contributed by atoms with Crippen molar-refractivity contribution < 1.29 is 19.1 Å². The first-order valence-electron chi connectivity index (χ1n) is 13.5. The molecule has 1 spiro atoms. The van der Waals surface area contributed by atoms with Crippen LogP contribution in [0.5, 0.6) is 0 Å². The zero-order valence-electron chi connectivity index (χ0n) is 22.1. The molecule has 3 saturated heterocycles. The van der Waals surface area contributed by atoms with Crippen LogP contribution in [0.25, 0.3) is 11.1 Å². The average molecular weight is 504 g/mol. The van der Waals surface area contributed by atoms with Crippen molar-refractivity contribution in [1.82, 2.24) is 14.7 Å². The summed E-state index contributed by atoms with van der Waals surface area (Å²) in [7, 11) is 0. The Morgan fingerprint density at radius 3 is 1.97 bits per heavy atom. The summed E-state index contributed by atoms with van der Waals surface area (Å²) in [5.41, 5.74) is 4.75. The maximum absolute atomic E-state index is 12.9. The number of likely N-dealkylation sites (tertiary alicyclic amines) is 3. The van der Waals surface area contributed by atoms with Crippen LogP contribution < -0.4 is 0 Å². The van der Waals surface area contributed by atoms with Crippen LogP contribution in [0.1, 0.15) is 50.7 Å². The lowest BCUT2D eigenvalue weighted by atomic mass is 9.72. The SMILES string of the molecule is CC(C)(C)OC(=O)N1CC2(C1)CN(C1CCN(C(=O)OCC3c4ccccc4-c4ccccc43)CC1)C2. The Morgan fingerprint density at radius 2 is 1.41 bits per heavy atom. The molecular weight excluding hydrogens is 466 g/mol. The lowest BCUT2D eigenvalue weighted by Crippen LogP contribution is -2.74. The summed E-state index contributed by atoms with van der Waals surface area (Å²) < 4.78 is 11.4. The Balaban J connectivity index is 0.957. The molecule has 0 bridgehead atoms. The third-order valence-electron chi connectivity index (χ3n) is 8.36. The molecule has 7 nitrogen and oxygen atoms in total. The zero-order chi connectivity index (χ0) is 25.8. The highest BCUT2D eigenvalue weighted by Gasteiger charge is 2.55. The van der Waals surface area contributed by atoms with E-state index < -0.39 is 5.60 Å². The Bertz CT molecular complexity index is 1140. The largest absolute Gasteiger partial charge is 0.448 e. The number of fused-ring (bicyclic) bond motifs is 3. The van der Waals surface area contributed by atoms with Crippen molar-refractivity contribution in [2.75, 3.05) is 45.9 Å². The maximum Gasteiger partial charge on any atom is 0.410 e. The van der Waals surface area contributed by atoms with Gasteiger partial charge in [0, 0.05) is 56.6 Å². The summed E-state index contributed by atoms with van der Waals surface area (Å²) in [4.78, 5) is 31.4. The predicted molar refractivity (Wildman–Crippen MR) is 141 cm³/mol. The molecule has 0 aromatic heterocycles. The van der Waals surface area contributed by atoms with E-state index in [4.69, 9.17) is 9.47 Å². The van der Waals surface area contributed by atoms with Gasteiger partial charge < -0.3 is 19.3 Å². The topological polar surface area (TPSA) is 62.3 Å². The van der Waals surface area contributed by atoms with Crippen LogP contribution in [-0.4, -0.2) is 84.4 Å². The third kappa shape index (κ3) is 4.58. The third-order valence-corrected chi connectivity index (χ3v) is 8.36. The second-order valence-corrected chi connectivity index (χ2v) is 12.3. The first-order valence-corrected chi connectivity index (χ1v) is 13.5. The Hall–Kier alpha value is -3.06. The predicted octanol–water partition coefficient (Wildman–Crippen LogP) is 4.95. The maximum atomic E-state index is 12.9. The van der Waals surface area contributed by atoms with Crippen molar-refractivity contribution in [1.29, 1.82) is 0 Å². The molecule has 2 aromatic rings. The van der Waals surface area contributed by atoms with Crippen LogP contribution in [0.15, 0.2) is 48.5 Å². The Labute approximate surface area is 219 Å². The molecule has 4 aliphatic rings. The van der Waals surface area contributed by atoms with Crippen LogP contribution in [0, 0.1) is 5.41 Å². The fourth-order valence-electron chi connectivity index (χ4n) is 6.59. The number of amides is 2. The second-order valence-electron chi connectivity index (χ2n) is 12.3. The van der Waals surface area contributed by atoms with E-state index in [2.05, 4.69) is 53.4 Å². The summed E-state index contributed by atoms with van der Waals surface area (Å²) in [6, 6.07) is 17.3. The van der Waals surface area contributed by atoms with E-state index in [0.717, 1.165) is 52.1 Å². The van der Waals surface area contributed by atoms with E-state index in [1.165, 1.54) is 22.3 Å². The van der Waals surface area contributed by atoms with Gasteiger partial charge in [0.1, 0.15) is 12.2 Å². The van der Waals surface area contributed by atoms with Gasteiger partial charge in [0.15, 0.2) is 0 Å². The fourth-order valence-corrected chi connectivity index (χ4v) is 6.59. The zero-order valence-corrected chi connectivity index (χ0v) is 22.1. The first kappa shape index (κ1) is 24.3. The van der Waals surface area contributed by atoms with Gasteiger partial charge in [-0.05, 0) is 55.9 Å². The Kier molecular flexibility index (Phi) is 5.94. The minimum atomic E-state index is -0.452. The number of ether oxygens (including phenoxy) is 2. The van der Waals surface area contributed by atoms with Crippen LogP contribution in [0.3, 0.4) is 0 Å². The summed E-state index contributed by atoms with van der Waals surface area (Å²) in [6.45, 7) is 11.2. The summed E-state index contributed by atoms with van der Waals surface area (Å²) in [5, 5.41) is 0. The number of nitrogens with zero attached hydrogens (tertiary/aromatic N) is 3. The quantitative estimate of drug-likeness (QED) is 0.593. The van der Waals surface area contributed by atoms with Crippen molar-refractivity contribution in [3.63, 3.8) is 0 Å². The molecular formula is C30H37N3O4. The average Bonchev–Trinajstić information content (AvgIpc) is 3.14. The van der Waals surface area contributed by atoms with E-state index in [1.54, 1.807) is 0 Å². The van der Waals surface area contributed by atoms with Crippen molar-refractivity contribution in [3.8, 4) is 11.1 Å². The van der Waals surface area contributed by atoms with Crippen LogP contribution in [0.2, 0.25) is 0 Å². The summed E-state index contributed by atoms with van der Waals surface area (Å²) >= 11 is 0. The van der Waals surface area contributed by atoms with Crippen LogP contribution in [0.4, 0.5) is 9.59 Å². The molecule has 0 unspecified atom stereocenters.